The molecule has 0 aromatic rings. The molecule has 0 amide bonds. The maximum absolute atomic E-state index is 5.47. The van der Waals surface area contributed by atoms with Crippen LogP contribution >= 0.6 is 0 Å². The van der Waals surface area contributed by atoms with Crippen molar-refractivity contribution in [3.8, 4) is 0 Å². The lowest BCUT2D eigenvalue weighted by molar-refractivity contribution is 0.531. The van der Waals surface area contributed by atoms with E-state index in [1.807, 2.05) is 0 Å². The van der Waals surface area contributed by atoms with Gasteiger partial charge in [-0.05, 0) is 6.42 Å². The zero-order chi connectivity index (χ0) is 6.53. The third kappa shape index (κ3) is 2.30. The minimum Gasteiger partial charge on any atom is -0.329 e. The Morgan fingerprint density at radius 1 is 1.56 bits per heavy atom. The highest BCUT2D eigenvalue weighted by Crippen LogP contribution is 1.90. The van der Waals surface area contributed by atoms with Crippen molar-refractivity contribution < 1.29 is 0 Å². The minimum atomic E-state index is 0.510. The lowest BCUT2D eigenvalue weighted by atomic mass is 10.2. The van der Waals surface area contributed by atoms with Crippen LogP contribution in [0.1, 0.15) is 6.42 Å². The van der Waals surface area contributed by atoms with Crippen LogP contribution in [-0.4, -0.2) is 32.2 Å². The van der Waals surface area contributed by atoms with Crippen molar-refractivity contribution in [1.29, 1.82) is 0 Å². The first kappa shape index (κ1) is 6.99. The average molecular weight is 128 g/mol. The predicted octanol–water partition coefficient (Wildman–Crippen LogP) is -1.09. The number of nitrogens with one attached hydrogen (secondary N) is 1. The molecule has 0 spiro atoms. The Hall–Kier alpha value is -0.120. The second-order valence-electron chi connectivity index (χ2n) is 2.35. The quantitative estimate of drug-likeness (QED) is 0.471. The standard InChI is InChI=1S/C6H14N3/c7-5-6-1-2-8-3-4-9-6/h6,9H,1-5,7H2. The normalized spacial score (nSPS) is 29.7. The zero-order valence-corrected chi connectivity index (χ0v) is 5.64. The van der Waals surface area contributed by atoms with Crippen molar-refractivity contribution in [2.24, 2.45) is 5.73 Å². The number of hydrogen-bond acceptors (Lipinski definition) is 2. The third-order valence-electron chi connectivity index (χ3n) is 1.62. The summed E-state index contributed by atoms with van der Waals surface area (Å²) in [4.78, 5) is 0. The van der Waals surface area contributed by atoms with E-state index in [1.54, 1.807) is 0 Å². The molecule has 1 saturated heterocycles. The molecule has 1 fully saturated rings. The number of nitrogens with two attached hydrogens (primary N) is 1. The van der Waals surface area contributed by atoms with Crippen molar-refractivity contribution in [3.63, 3.8) is 0 Å². The molecule has 1 heterocycles. The molecule has 0 bridgehead atoms. The van der Waals surface area contributed by atoms with E-state index in [9.17, 15) is 0 Å². The summed E-state index contributed by atoms with van der Waals surface area (Å²) in [6, 6.07) is 0.510. The van der Waals surface area contributed by atoms with E-state index in [0.717, 1.165) is 32.6 Å². The molecule has 3 nitrogen and oxygen atoms in total. The monoisotopic (exact) mass is 128 g/mol. The molecule has 0 aromatic heterocycles. The third-order valence-corrected chi connectivity index (χ3v) is 1.62. The van der Waals surface area contributed by atoms with Crippen LogP contribution in [0.15, 0.2) is 0 Å². The maximum atomic E-state index is 5.47. The van der Waals surface area contributed by atoms with E-state index in [4.69, 9.17) is 5.73 Å². The van der Waals surface area contributed by atoms with Crippen molar-refractivity contribution >= 4 is 0 Å². The summed E-state index contributed by atoms with van der Waals surface area (Å²) in [5.41, 5.74) is 5.47. The van der Waals surface area contributed by atoms with Crippen LogP contribution in [0.4, 0.5) is 0 Å². The molecule has 3 N–H and O–H groups in total. The first-order valence-electron chi connectivity index (χ1n) is 3.50. The predicted molar refractivity (Wildman–Crippen MR) is 37.3 cm³/mol. The van der Waals surface area contributed by atoms with Gasteiger partial charge in [0.25, 0.3) is 0 Å². The molecule has 9 heavy (non-hydrogen) atoms. The van der Waals surface area contributed by atoms with Gasteiger partial charge in [-0.2, -0.15) is 0 Å². The lowest BCUT2D eigenvalue weighted by Crippen LogP contribution is -2.36. The van der Waals surface area contributed by atoms with Gasteiger partial charge in [0.05, 0.1) is 0 Å². The highest BCUT2D eigenvalue weighted by molar-refractivity contribution is 4.72. The van der Waals surface area contributed by atoms with Gasteiger partial charge in [0.2, 0.25) is 0 Å². The fraction of sp³-hybridized carbons (Fsp3) is 1.00. The van der Waals surface area contributed by atoms with Gasteiger partial charge in [-0.15, -0.1) is 0 Å². The van der Waals surface area contributed by atoms with Gasteiger partial charge in [0.1, 0.15) is 0 Å². The SMILES string of the molecule is NCC1CC[N]CCN1. The fourth-order valence-corrected chi connectivity index (χ4v) is 1.01. The van der Waals surface area contributed by atoms with E-state index in [0.29, 0.717) is 6.04 Å². The van der Waals surface area contributed by atoms with Crippen molar-refractivity contribution in [2.45, 2.75) is 12.5 Å². The van der Waals surface area contributed by atoms with Crippen molar-refractivity contribution in [2.75, 3.05) is 26.2 Å². The average Bonchev–Trinajstić information content (AvgIpc) is 2.13. The molecule has 3 heteroatoms. The van der Waals surface area contributed by atoms with Crippen LogP contribution in [-0.2, 0) is 0 Å². The molecular formula is C6H14N3. The van der Waals surface area contributed by atoms with Crippen LogP contribution in [0, 0.1) is 0 Å². The largest absolute Gasteiger partial charge is 0.329 e. The van der Waals surface area contributed by atoms with Crippen LogP contribution < -0.4 is 16.4 Å². The Balaban J connectivity index is 2.18. The molecular weight excluding hydrogens is 114 g/mol. The number of rotatable bonds is 1. The molecule has 0 aliphatic carbocycles. The Morgan fingerprint density at radius 2 is 2.44 bits per heavy atom. The molecule has 1 atom stereocenters. The summed E-state index contributed by atoms with van der Waals surface area (Å²) in [6.45, 7) is 3.68. The van der Waals surface area contributed by atoms with Gasteiger partial charge < -0.3 is 11.1 Å². The summed E-state index contributed by atoms with van der Waals surface area (Å²) in [5.74, 6) is 0. The van der Waals surface area contributed by atoms with Gasteiger partial charge in [0.15, 0.2) is 0 Å². The second-order valence-corrected chi connectivity index (χ2v) is 2.35. The highest BCUT2D eigenvalue weighted by atomic mass is 15.0. The highest BCUT2D eigenvalue weighted by Gasteiger charge is 2.07. The van der Waals surface area contributed by atoms with Crippen molar-refractivity contribution in [1.82, 2.24) is 10.6 Å². The Morgan fingerprint density at radius 3 is 3.22 bits per heavy atom. The molecule has 1 radical (unpaired) electrons. The lowest BCUT2D eigenvalue weighted by Gasteiger charge is -2.10. The van der Waals surface area contributed by atoms with Gasteiger partial charge >= 0.3 is 0 Å². The first-order chi connectivity index (χ1) is 4.43. The summed E-state index contributed by atoms with van der Waals surface area (Å²) in [6.07, 6.45) is 1.11. The number of hydrogen-bond donors (Lipinski definition) is 2. The molecule has 1 aliphatic heterocycles. The smallest absolute Gasteiger partial charge is 0.0258 e. The fourth-order valence-electron chi connectivity index (χ4n) is 1.01. The van der Waals surface area contributed by atoms with Crippen LogP contribution in [0.5, 0.6) is 0 Å². The topological polar surface area (TPSA) is 52.2 Å². The Bertz CT molecular complexity index is 66.7. The summed E-state index contributed by atoms with van der Waals surface area (Å²) < 4.78 is 0. The van der Waals surface area contributed by atoms with E-state index in [-0.39, 0.29) is 0 Å². The van der Waals surface area contributed by atoms with Gasteiger partial charge in [0, 0.05) is 32.2 Å². The number of nitrogens with zero attached hydrogens (tertiary/aromatic N) is 1. The summed E-state index contributed by atoms with van der Waals surface area (Å²) >= 11 is 0. The Labute approximate surface area is 56.0 Å². The molecule has 53 valence electrons. The first-order valence-corrected chi connectivity index (χ1v) is 3.50. The summed E-state index contributed by atoms with van der Waals surface area (Å²) in [7, 11) is 0. The van der Waals surface area contributed by atoms with E-state index in [1.165, 1.54) is 0 Å². The summed E-state index contributed by atoms with van der Waals surface area (Å²) in [5, 5.41) is 7.56. The van der Waals surface area contributed by atoms with Crippen LogP contribution in [0.3, 0.4) is 0 Å². The molecule has 0 saturated carbocycles. The van der Waals surface area contributed by atoms with Gasteiger partial charge in [-0.25, -0.2) is 5.32 Å². The maximum Gasteiger partial charge on any atom is 0.0258 e. The molecule has 1 aliphatic rings. The molecule has 1 unspecified atom stereocenters. The van der Waals surface area contributed by atoms with Crippen LogP contribution in [0.2, 0.25) is 0 Å². The second kappa shape index (κ2) is 3.82. The van der Waals surface area contributed by atoms with E-state index < -0.39 is 0 Å². The van der Waals surface area contributed by atoms with Gasteiger partial charge in [-0.3, -0.25) is 0 Å². The van der Waals surface area contributed by atoms with Crippen LogP contribution in [0.25, 0.3) is 0 Å². The zero-order valence-electron chi connectivity index (χ0n) is 5.64. The Kier molecular flexibility index (Phi) is 2.97. The van der Waals surface area contributed by atoms with Crippen molar-refractivity contribution in [3.05, 3.63) is 0 Å². The van der Waals surface area contributed by atoms with E-state index >= 15 is 0 Å². The van der Waals surface area contributed by atoms with Gasteiger partial charge in [-0.1, -0.05) is 0 Å². The van der Waals surface area contributed by atoms with E-state index in [2.05, 4.69) is 10.6 Å². The molecule has 0 aromatic carbocycles. The minimum absolute atomic E-state index is 0.510. The molecule has 1 rings (SSSR count).